The molecule has 1 unspecified atom stereocenters. The zero-order valence-electron chi connectivity index (χ0n) is 17.6. The lowest BCUT2D eigenvalue weighted by Gasteiger charge is -2.34. The fourth-order valence-electron chi connectivity index (χ4n) is 5.04. The molecule has 2 aromatic heterocycles. The third-order valence-corrected chi connectivity index (χ3v) is 8.18. The van der Waals surface area contributed by atoms with Crippen molar-refractivity contribution in [2.45, 2.75) is 69.6 Å². The molecule has 0 bridgehead atoms. The lowest BCUT2D eigenvalue weighted by atomic mass is 9.84. The number of hydrogen-bond acceptors (Lipinski definition) is 5. The molecule has 3 aromatic rings. The van der Waals surface area contributed by atoms with Crippen molar-refractivity contribution < 1.29 is 5.11 Å². The number of fused-ring (bicyclic) bond motifs is 3. The van der Waals surface area contributed by atoms with Crippen molar-refractivity contribution in [2.24, 2.45) is 0 Å². The SMILES string of the molecule is O=c1c2c3c(sc2ncn1Cc1cccc(Cl)c1)CC(NCC1(O)CCCCC1)CC3. The fourth-order valence-corrected chi connectivity index (χ4v) is 6.51. The van der Waals surface area contributed by atoms with E-state index >= 15 is 0 Å². The molecular formula is C24H28ClN3O2S. The van der Waals surface area contributed by atoms with Crippen LogP contribution in [-0.2, 0) is 19.4 Å². The number of rotatable bonds is 5. The lowest BCUT2D eigenvalue weighted by molar-refractivity contribution is 0.00234. The third kappa shape index (κ3) is 4.44. The standard InChI is InChI=1S/C24H28ClN3O2S/c25-17-6-4-5-16(11-17)13-28-15-27-22-21(23(28)29)19-8-7-18(12-20(19)31-22)26-14-24(30)9-2-1-3-10-24/h4-6,11,15,18,26,30H,1-3,7-10,12-14H2. The largest absolute Gasteiger partial charge is 0.389 e. The molecule has 2 aliphatic rings. The Morgan fingerprint density at radius 3 is 2.94 bits per heavy atom. The first-order valence-corrected chi connectivity index (χ1v) is 12.4. The Hall–Kier alpha value is -1.73. The highest BCUT2D eigenvalue weighted by Gasteiger charge is 2.31. The zero-order chi connectivity index (χ0) is 21.4. The van der Waals surface area contributed by atoms with Gasteiger partial charge in [0.1, 0.15) is 4.83 Å². The molecule has 2 N–H and O–H groups in total. The van der Waals surface area contributed by atoms with E-state index in [1.165, 1.54) is 16.9 Å². The number of aryl methyl sites for hydroxylation is 1. The minimum atomic E-state index is -0.547. The summed E-state index contributed by atoms with van der Waals surface area (Å²) in [5.74, 6) is 0. The second-order valence-corrected chi connectivity index (χ2v) is 10.6. The first-order chi connectivity index (χ1) is 15.0. The zero-order valence-corrected chi connectivity index (χ0v) is 19.1. The summed E-state index contributed by atoms with van der Waals surface area (Å²) in [6.07, 6.45) is 9.70. The quantitative estimate of drug-likeness (QED) is 0.599. The average Bonchev–Trinajstić information content (AvgIpc) is 3.13. The number of thiophene rings is 1. The van der Waals surface area contributed by atoms with Gasteiger partial charge in [0.25, 0.3) is 5.56 Å². The van der Waals surface area contributed by atoms with E-state index in [1.54, 1.807) is 22.2 Å². The minimum absolute atomic E-state index is 0.0328. The van der Waals surface area contributed by atoms with E-state index in [9.17, 15) is 9.90 Å². The molecule has 0 spiro atoms. The Kier molecular flexibility index (Phi) is 5.90. The van der Waals surface area contributed by atoms with E-state index in [-0.39, 0.29) is 5.56 Å². The van der Waals surface area contributed by atoms with Gasteiger partial charge in [-0.25, -0.2) is 4.98 Å². The first kappa shape index (κ1) is 21.1. The molecule has 0 aliphatic heterocycles. The van der Waals surface area contributed by atoms with Crippen molar-refractivity contribution in [3.05, 3.63) is 62.0 Å². The topological polar surface area (TPSA) is 67.2 Å². The summed E-state index contributed by atoms with van der Waals surface area (Å²) in [5.41, 5.74) is 1.65. The molecule has 1 aromatic carbocycles. The van der Waals surface area contributed by atoms with Crippen molar-refractivity contribution in [2.75, 3.05) is 6.54 Å². The van der Waals surface area contributed by atoms with Gasteiger partial charge in [0.05, 0.1) is 23.9 Å². The van der Waals surface area contributed by atoms with Crippen LogP contribution in [-0.4, -0.2) is 32.8 Å². The third-order valence-electron chi connectivity index (χ3n) is 6.78. The van der Waals surface area contributed by atoms with E-state index in [0.717, 1.165) is 60.7 Å². The van der Waals surface area contributed by atoms with Crippen LogP contribution in [0.1, 0.15) is 54.5 Å². The second-order valence-electron chi connectivity index (χ2n) is 9.10. The van der Waals surface area contributed by atoms with Gasteiger partial charge in [-0.05, 0) is 55.4 Å². The molecule has 0 amide bonds. The van der Waals surface area contributed by atoms with Crippen LogP contribution in [0.2, 0.25) is 5.02 Å². The summed E-state index contributed by atoms with van der Waals surface area (Å²) < 4.78 is 1.68. The van der Waals surface area contributed by atoms with E-state index in [2.05, 4.69) is 10.3 Å². The molecular weight excluding hydrogens is 430 g/mol. The van der Waals surface area contributed by atoms with Crippen molar-refractivity contribution >= 4 is 33.2 Å². The van der Waals surface area contributed by atoms with Crippen LogP contribution < -0.4 is 10.9 Å². The highest BCUT2D eigenvalue weighted by Crippen LogP contribution is 2.34. The summed E-state index contributed by atoms with van der Waals surface area (Å²) in [7, 11) is 0. The Morgan fingerprint density at radius 2 is 2.13 bits per heavy atom. The summed E-state index contributed by atoms with van der Waals surface area (Å²) in [5, 5.41) is 15.9. The first-order valence-electron chi connectivity index (χ1n) is 11.2. The molecule has 5 nitrogen and oxygen atoms in total. The number of halogens is 1. The van der Waals surface area contributed by atoms with E-state index in [0.29, 0.717) is 24.2 Å². The Morgan fingerprint density at radius 1 is 1.29 bits per heavy atom. The number of hydrogen-bond donors (Lipinski definition) is 2. The van der Waals surface area contributed by atoms with Crippen molar-refractivity contribution in [3.63, 3.8) is 0 Å². The number of nitrogens with one attached hydrogen (secondary N) is 1. The molecule has 0 saturated heterocycles. The van der Waals surface area contributed by atoms with Gasteiger partial charge in [0.15, 0.2) is 0 Å². The molecule has 1 saturated carbocycles. The summed E-state index contributed by atoms with van der Waals surface area (Å²) in [6.45, 7) is 1.14. The fraction of sp³-hybridized carbons (Fsp3) is 0.500. The maximum absolute atomic E-state index is 13.3. The van der Waals surface area contributed by atoms with Crippen molar-refractivity contribution in [1.29, 1.82) is 0 Å². The Labute approximate surface area is 191 Å². The summed E-state index contributed by atoms with van der Waals surface area (Å²) >= 11 is 7.75. The van der Waals surface area contributed by atoms with Crippen LogP contribution in [0.5, 0.6) is 0 Å². The van der Waals surface area contributed by atoms with Gasteiger partial charge in [-0.15, -0.1) is 11.3 Å². The highest BCUT2D eigenvalue weighted by molar-refractivity contribution is 7.18. The van der Waals surface area contributed by atoms with Gasteiger partial charge in [0, 0.05) is 22.5 Å². The molecule has 0 radical (unpaired) electrons. The smallest absolute Gasteiger partial charge is 0.262 e. The molecule has 7 heteroatoms. The number of aromatic nitrogens is 2. The Bertz CT molecular complexity index is 1150. The van der Waals surface area contributed by atoms with E-state index in [4.69, 9.17) is 11.6 Å². The van der Waals surface area contributed by atoms with Crippen LogP contribution in [0.4, 0.5) is 0 Å². The summed E-state index contributed by atoms with van der Waals surface area (Å²) in [6, 6.07) is 7.94. The van der Waals surface area contributed by atoms with Crippen LogP contribution in [0.15, 0.2) is 35.4 Å². The van der Waals surface area contributed by atoms with Crippen molar-refractivity contribution in [3.8, 4) is 0 Å². The Balaban J connectivity index is 1.34. The molecule has 164 valence electrons. The molecule has 5 rings (SSSR count). The van der Waals surface area contributed by atoms with Gasteiger partial charge in [-0.3, -0.25) is 9.36 Å². The van der Waals surface area contributed by atoms with Gasteiger partial charge in [-0.2, -0.15) is 0 Å². The normalized spacial score (nSPS) is 20.6. The van der Waals surface area contributed by atoms with E-state index in [1.807, 2.05) is 24.3 Å². The maximum atomic E-state index is 13.3. The second kappa shape index (κ2) is 8.66. The lowest BCUT2D eigenvalue weighted by Crippen LogP contribution is -2.47. The molecule has 2 aliphatic carbocycles. The number of benzene rings is 1. The highest BCUT2D eigenvalue weighted by atomic mass is 35.5. The predicted molar refractivity (Wildman–Crippen MR) is 126 cm³/mol. The minimum Gasteiger partial charge on any atom is -0.389 e. The van der Waals surface area contributed by atoms with Crippen LogP contribution in [0, 0.1) is 0 Å². The molecule has 2 heterocycles. The monoisotopic (exact) mass is 457 g/mol. The molecule has 1 atom stereocenters. The summed E-state index contributed by atoms with van der Waals surface area (Å²) in [4.78, 5) is 20.0. The van der Waals surface area contributed by atoms with Crippen LogP contribution in [0.25, 0.3) is 10.2 Å². The van der Waals surface area contributed by atoms with Crippen molar-refractivity contribution in [1.82, 2.24) is 14.9 Å². The van der Waals surface area contributed by atoms with Gasteiger partial charge in [-0.1, -0.05) is 43.0 Å². The number of aliphatic hydroxyl groups is 1. The van der Waals surface area contributed by atoms with Gasteiger partial charge in [0.2, 0.25) is 0 Å². The van der Waals surface area contributed by atoms with Crippen LogP contribution >= 0.6 is 22.9 Å². The average molecular weight is 458 g/mol. The molecule has 31 heavy (non-hydrogen) atoms. The maximum Gasteiger partial charge on any atom is 0.262 e. The van der Waals surface area contributed by atoms with Crippen LogP contribution in [0.3, 0.4) is 0 Å². The predicted octanol–water partition coefficient (Wildman–Crippen LogP) is 4.30. The van der Waals surface area contributed by atoms with Gasteiger partial charge < -0.3 is 10.4 Å². The van der Waals surface area contributed by atoms with E-state index < -0.39 is 5.60 Å². The van der Waals surface area contributed by atoms with Gasteiger partial charge >= 0.3 is 0 Å². The molecule has 1 fully saturated rings. The number of nitrogens with zero attached hydrogens (tertiary/aromatic N) is 2.